The zero-order valence-corrected chi connectivity index (χ0v) is 12.6. The summed E-state index contributed by atoms with van der Waals surface area (Å²) in [6.07, 6.45) is -3.06. The minimum Gasteiger partial charge on any atom is -0.379 e. The molecular formula is C16H17F4NO2. The molecule has 2 fully saturated rings. The molecule has 1 amide bonds. The molecule has 0 spiro atoms. The highest BCUT2D eigenvalue weighted by Gasteiger charge is 2.54. The second kappa shape index (κ2) is 5.47. The Bertz CT molecular complexity index is 619. The fourth-order valence-corrected chi connectivity index (χ4v) is 3.11. The SMILES string of the molecule is CN(C(=O)C1(c2cc(F)cc(C(F)(F)F)c2)CC1)[C@@H]1CCOC1. The molecule has 0 N–H and O–H groups in total. The van der Waals surface area contributed by atoms with E-state index in [0.717, 1.165) is 12.1 Å². The molecule has 3 rings (SSSR count). The Labute approximate surface area is 131 Å². The first-order valence-corrected chi connectivity index (χ1v) is 7.47. The summed E-state index contributed by atoms with van der Waals surface area (Å²) in [4.78, 5) is 14.3. The summed E-state index contributed by atoms with van der Waals surface area (Å²) in [6.45, 7) is 0.989. The van der Waals surface area contributed by atoms with Crippen LogP contribution in [-0.4, -0.2) is 37.1 Å². The van der Waals surface area contributed by atoms with Crippen molar-refractivity contribution in [1.29, 1.82) is 0 Å². The third kappa shape index (κ3) is 2.94. The quantitative estimate of drug-likeness (QED) is 0.797. The summed E-state index contributed by atoms with van der Waals surface area (Å²) < 4.78 is 57.5. The van der Waals surface area contributed by atoms with E-state index in [4.69, 9.17) is 4.74 Å². The number of alkyl halides is 3. The van der Waals surface area contributed by atoms with Gasteiger partial charge in [-0.1, -0.05) is 0 Å². The summed E-state index contributed by atoms with van der Waals surface area (Å²) in [6, 6.07) is 2.32. The number of hydrogen-bond donors (Lipinski definition) is 0. The third-order valence-electron chi connectivity index (χ3n) is 4.71. The van der Waals surface area contributed by atoms with Crippen molar-refractivity contribution in [3.05, 3.63) is 35.1 Å². The fourth-order valence-electron chi connectivity index (χ4n) is 3.11. The standard InChI is InChI=1S/C16H17F4NO2/c1-21(13-2-5-23-9-13)14(22)15(3-4-15)10-6-11(16(18,19)20)8-12(17)7-10/h6-8,13H,2-5,9H2,1H3/t13-/m1/s1. The van der Waals surface area contributed by atoms with Crippen LogP contribution in [0.3, 0.4) is 0 Å². The lowest BCUT2D eigenvalue weighted by Gasteiger charge is -2.28. The van der Waals surface area contributed by atoms with Crippen molar-refractivity contribution in [2.75, 3.05) is 20.3 Å². The van der Waals surface area contributed by atoms with Crippen LogP contribution in [0, 0.1) is 5.82 Å². The predicted molar refractivity (Wildman–Crippen MR) is 74.3 cm³/mol. The average Bonchev–Trinajstić information content (AvgIpc) is 3.11. The van der Waals surface area contributed by atoms with Gasteiger partial charge in [-0.05, 0) is 43.0 Å². The van der Waals surface area contributed by atoms with Crippen molar-refractivity contribution >= 4 is 5.91 Å². The molecule has 7 heteroatoms. The average molecular weight is 331 g/mol. The molecule has 3 nitrogen and oxygen atoms in total. The number of halogens is 4. The van der Waals surface area contributed by atoms with Gasteiger partial charge < -0.3 is 9.64 Å². The molecular weight excluding hydrogens is 314 g/mol. The summed E-state index contributed by atoms with van der Waals surface area (Å²) in [5.41, 5.74) is -1.97. The Hall–Kier alpha value is -1.63. The molecule has 1 saturated carbocycles. The highest BCUT2D eigenvalue weighted by molar-refractivity contribution is 5.91. The lowest BCUT2D eigenvalue weighted by Crippen LogP contribution is -2.43. The van der Waals surface area contributed by atoms with Crippen LogP contribution in [0.4, 0.5) is 17.6 Å². The van der Waals surface area contributed by atoms with E-state index >= 15 is 0 Å². The number of ether oxygens (including phenoxy) is 1. The van der Waals surface area contributed by atoms with Crippen LogP contribution in [0.2, 0.25) is 0 Å². The molecule has 0 bridgehead atoms. The second-order valence-corrected chi connectivity index (χ2v) is 6.24. The van der Waals surface area contributed by atoms with Crippen molar-refractivity contribution < 1.29 is 27.1 Å². The van der Waals surface area contributed by atoms with E-state index in [0.29, 0.717) is 38.5 Å². The number of amides is 1. The van der Waals surface area contributed by atoms with Gasteiger partial charge in [-0.15, -0.1) is 0 Å². The number of carbonyl (C=O) groups is 1. The molecule has 1 aromatic rings. The summed E-state index contributed by atoms with van der Waals surface area (Å²) in [5, 5.41) is 0. The number of rotatable bonds is 3. The van der Waals surface area contributed by atoms with E-state index < -0.39 is 23.0 Å². The Kier molecular flexibility index (Phi) is 3.86. The molecule has 0 radical (unpaired) electrons. The Morgan fingerprint density at radius 3 is 2.52 bits per heavy atom. The maximum absolute atomic E-state index is 13.6. The number of hydrogen-bond acceptors (Lipinski definition) is 2. The van der Waals surface area contributed by atoms with Gasteiger partial charge in [0, 0.05) is 13.7 Å². The predicted octanol–water partition coefficient (Wildman–Crippen LogP) is 3.12. The largest absolute Gasteiger partial charge is 0.416 e. The van der Waals surface area contributed by atoms with Crippen LogP contribution in [-0.2, 0) is 21.1 Å². The highest BCUT2D eigenvalue weighted by Crippen LogP contribution is 2.51. The normalized spacial score (nSPS) is 22.9. The van der Waals surface area contributed by atoms with E-state index in [1.54, 1.807) is 7.05 Å². The van der Waals surface area contributed by atoms with Crippen LogP contribution in [0.25, 0.3) is 0 Å². The van der Waals surface area contributed by atoms with Crippen molar-refractivity contribution in [2.45, 2.75) is 36.9 Å². The van der Waals surface area contributed by atoms with Crippen LogP contribution < -0.4 is 0 Å². The van der Waals surface area contributed by atoms with Crippen LogP contribution >= 0.6 is 0 Å². The maximum Gasteiger partial charge on any atom is 0.416 e. The second-order valence-electron chi connectivity index (χ2n) is 6.24. The maximum atomic E-state index is 13.6. The smallest absolute Gasteiger partial charge is 0.379 e. The molecule has 126 valence electrons. The highest BCUT2D eigenvalue weighted by atomic mass is 19.4. The molecule has 2 aliphatic rings. The number of benzene rings is 1. The minimum atomic E-state index is -4.64. The fraction of sp³-hybridized carbons (Fsp3) is 0.562. The van der Waals surface area contributed by atoms with Gasteiger partial charge in [0.2, 0.25) is 5.91 Å². The first kappa shape index (κ1) is 16.2. The van der Waals surface area contributed by atoms with Crippen LogP contribution in [0.5, 0.6) is 0 Å². The Morgan fingerprint density at radius 1 is 1.30 bits per heavy atom. The monoisotopic (exact) mass is 331 g/mol. The van der Waals surface area contributed by atoms with Gasteiger partial charge in [-0.2, -0.15) is 13.2 Å². The van der Waals surface area contributed by atoms with Gasteiger partial charge >= 0.3 is 6.18 Å². The van der Waals surface area contributed by atoms with Gasteiger partial charge in [0.25, 0.3) is 0 Å². The molecule has 0 aromatic heterocycles. The lowest BCUT2D eigenvalue weighted by atomic mass is 9.92. The van der Waals surface area contributed by atoms with Gasteiger partial charge in [0.05, 0.1) is 23.6 Å². The topological polar surface area (TPSA) is 29.5 Å². The van der Waals surface area contributed by atoms with E-state index in [-0.39, 0.29) is 17.5 Å². The zero-order valence-electron chi connectivity index (χ0n) is 12.6. The van der Waals surface area contributed by atoms with Gasteiger partial charge in [-0.25, -0.2) is 4.39 Å². The molecule has 23 heavy (non-hydrogen) atoms. The molecule has 1 aliphatic heterocycles. The summed E-state index contributed by atoms with van der Waals surface area (Å²) in [7, 11) is 1.63. The van der Waals surface area contributed by atoms with Crippen molar-refractivity contribution in [3.63, 3.8) is 0 Å². The molecule has 1 atom stereocenters. The lowest BCUT2D eigenvalue weighted by molar-refractivity contribution is -0.138. The van der Waals surface area contributed by atoms with Crippen LogP contribution in [0.1, 0.15) is 30.4 Å². The molecule has 1 heterocycles. The Balaban J connectivity index is 1.91. The van der Waals surface area contributed by atoms with Gasteiger partial charge in [0.15, 0.2) is 0 Å². The first-order chi connectivity index (χ1) is 10.7. The Morgan fingerprint density at radius 2 is 2.00 bits per heavy atom. The number of likely N-dealkylation sites (N-methyl/N-ethyl adjacent to an activating group) is 1. The van der Waals surface area contributed by atoms with Gasteiger partial charge in [0.1, 0.15) is 5.82 Å². The minimum absolute atomic E-state index is 0.0735. The number of nitrogens with zero attached hydrogens (tertiary/aromatic N) is 1. The van der Waals surface area contributed by atoms with E-state index in [1.165, 1.54) is 4.90 Å². The van der Waals surface area contributed by atoms with E-state index in [2.05, 4.69) is 0 Å². The molecule has 1 aromatic carbocycles. The zero-order chi connectivity index (χ0) is 16.8. The third-order valence-corrected chi connectivity index (χ3v) is 4.71. The van der Waals surface area contributed by atoms with Crippen molar-refractivity contribution in [3.8, 4) is 0 Å². The van der Waals surface area contributed by atoms with E-state index in [9.17, 15) is 22.4 Å². The van der Waals surface area contributed by atoms with Crippen LogP contribution in [0.15, 0.2) is 18.2 Å². The molecule has 1 aliphatic carbocycles. The number of carbonyl (C=O) groups excluding carboxylic acids is 1. The molecule has 1 saturated heterocycles. The first-order valence-electron chi connectivity index (χ1n) is 7.47. The molecule has 0 unspecified atom stereocenters. The van der Waals surface area contributed by atoms with E-state index in [1.807, 2.05) is 0 Å². The van der Waals surface area contributed by atoms with Crippen molar-refractivity contribution in [2.24, 2.45) is 0 Å². The summed E-state index contributed by atoms with van der Waals surface area (Å²) in [5.74, 6) is -1.23. The van der Waals surface area contributed by atoms with Crippen molar-refractivity contribution in [1.82, 2.24) is 4.90 Å². The summed E-state index contributed by atoms with van der Waals surface area (Å²) >= 11 is 0. The van der Waals surface area contributed by atoms with Gasteiger partial charge in [-0.3, -0.25) is 4.79 Å².